The van der Waals surface area contributed by atoms with Crippen LogP contribution in [0.3, 0.4) is 0 Å². The molecular formula is C8H12F6IrP. The minimum atomic E-state index is -10.7. The summed E-state index contributed by atoms with van der Waals surface area (Å²) in [5.74, 6) is 0. The first-order valence-corrected chi connectivity index (χ1v) is 6.34. The standard InChI is InChI=1S/C8H12.F6P.Ir/c1-2-4-6-8-7-5-3-1;1-7(2,3,4,5)6;/h1-2,7-8H,3-6H2;;/q;-1;+1. The molecule has 0 N–H and O–H groups in total. The molecule has 0 unspecified atom stereocenters. The fraction of sp³-hybridized carbons (Fsp3) is 0.500. The Labute approximate surface area is 103 Å². The molecule has 1 aliphatic carbocycles. The minimum Gasteiger partial charge on any atom is 1.00 e. The second-order valence-corrected chi connectivity index (χ2v) is 4.97. The van der Waals surface area contributed by atoms with Gasteiger partial charge in [0, 0.05) is 0 Å². The van der Waals surface area contributed by atoms with Crippen LogP contribution >= 0.6 is 7.81 Å². The topological polar surface area (TPSA) is 0 Å². The van der Waals surface area contributed by atoms with E-state index in [-0.39, 0.29) is 20.1 Å². The maximum atomic E-state index is 9.87. The molecule has 0 aliphatic heterocycles. The molecule has 0 bridgehead atoms. The molecular weight excluding hydrogens is 433 g/mol. The summed E-state index contributed by atoms with van der Waals surface area (Å²) in [5, 5.41) is 0. The fourth-order valence-corrected chi connectivity index (χ4v) is 0.856. The van der Waals surface area contributed by atoms with Crippen molar-refractivity contribution >= 4 is 7.81 Å². The van der Waals surface area contributed by atoms with E-state index in [9.17, 15) is 25.2 Å². The number of hydrogen-bond donors (Lipinski definition) is 0. The van der Waals surface area contributed by atoms with E-state index in [4.69, 9.17) is 0 Å². The number of halogens is 6. The first kappa shape index (κ1) is 18.5. The molecule has 0 fully saturated rings. The summed E-state index contributed by atoms with van der Waals surface area (Å²) >= 11 is 0. The first-order valence-electron chi connectivity index (χ1n) is 4.31. The van der Waals surface area contributed by atoms with Crippen molar-refractivity contribution < 1.29 is 45.3 Å². The molecule has 0 aromatic rings. The smallest absolute Gasteiger partial charge is 1.00 e. The Morgan fingerprint density at radius 1 is 0.562 bits per heavy atom. The Balaban J connectivity index is 0. The van der Waals surface area contributed by atoms with Crippen LogP contribution in [0.15, 0.2) is 24.3 Å². The van der Waals surface area contributed by atoms with Crippen molar-refractivity contribution in [2.45, 2.75) is 25.7 Å². The van der Waals surface area contributed by atoms with Crippen LogP contribution in [-0.2, 0) is 20.1 Å². The van der Waals surface area contributed by atoms with E-state index in [1.807, 2.05) is 0 Å². The third kappa shape index (κ3) is 36.8. The van der Waals surface area contributed by atoms with Gasteiger partial charge in [-0.05, 0) is 25.7 Å². The first-order chi connectivity index (χ1) is 6.45. The molecule has 0 heterocycles. The van der Waals surface area contributed by atoms with Crippen LogP contribution < -0.4 is 0 Å². The zero-order chi connectivity index (χ0) is 12.1. The van der Waals surface area contributed by atoms with Crippen LogP contribution in [0.1, 0.15) is 25.7 Å². The van der Waals surface area contributed by atoms with Crippen molar-refractivity contribution in [3.05, 3.63) is 24.3 Å². The molecule has 100 valence electrons. The van der Waals surface area contributed by atoms with Gasteiger partial charge in [-0.3, -0.25) is 0 Å². The molecule has 0 atom stereocenters. The summed E-state index contributed by atoms with van der Waals surface area (Å²) in [6, 6.07) is 0. The maximum absolute atomic E-state index is 10.7. The van der Waals surface area contributed by atoms with Gasteiger partial charge in [-0.1, -0.05) is 24.3 Å². The molecule has 0 saturated carbocycles. The van der Waals surface area contributed by atoms with E-state index in [0.717, 1.165) is 0 Å². The summed E-state index contributed by atoms with van der Waals surface area (Å²) in [6.07, 6.45) is 14.0. The van der Waals surface area contributed by atoms with Gasteiger partial charge in [0.2, 0.25) is 0 Å². The van der Waals surface area contributed by atoms with Crippen molar-refractivity contribution in [2.24, 2.45) is 0 Å². The number of hydrogen-bond acceptors (Lipinski definition) is 0. The van der Waals surface area contributed by atoms with E-state index in [0.29, 0.717) is 0 Å². The largest absolute Gasteiger partial charge is 1.00 e. The van der Waals surface area contributed by atoms with Crippen molar-refractivity contribution in [3.8, 4) is 0 Å². The van der Waals surface area contributed by atoms with Gasteiger partial charge in [0.15, 0.2) is 0 Å². The third-order valence-corrected chi connectivity index (χ3v) is 1.33. The summed E-state index contributed by atoms with van der Waals surface area (Å²) in [6.45, 7) is 0. The summed E-state index contributed by atoms with van der Waals surface area (Å²) in [5.41, 5.74) is 0. The van der Waals surface area contributed by atoms with Gasteiger partial charge in [-0.25, -0.2) is 0 Å². The maximum Gasteiger partial charge on any atom is 1.00 e. The van der Waals surface area contributed by atoms with E-state index in [1.165, 1.54) is 25.7 Å². The summed E-state index contributed by atoms with van der Waals surface area (Å²) in [7, 11) is -10.7. The van der Waals surface area contributed by atoms with Crippen molar-refractivity contribution in [3.63, 3.8) is 0 Å². The van der Waals surface area contributed by atoms with Crippen LogP contribution in [0.2, 0.25) is 0 Å². The molecule has 1 aliphatic rings. The van der Waals surface area contributed by atoms with Gasteiger partial charge in [0.25, 0.3) is 0 Å². The second-order valence-electron chi connectivity index (χ2n) is 3.06. The van der Waals surface area contributed by atoms with Gasteiger partial charge < -0.3 is 0 Å². The molecule has 0 aromatic heterocycles. The zero-order valence-electron chi connectivity index (χ0n) is 8.19. The van der Waals surface area contributed by atoms with Gasteiger partial charge >= 0.3 is 53.1 Å². The molecule has 8 heteroatoms. The normalized spacial score (nSPS) is 20.1. The average Bonchev–Trinajstić information content (AvgIpc) is 1.75. The Morgan fingerprint density at radius 2 is 0.688 bits per heavy atom. The van der Waals surface area contributed by atoms with Gasteiger partial charge in [-0.2, -0.15) is 0 Å². The predicted octanol–water partition coefficient (Wildman–Crippen LogP) is 6.05. The summed E-state index contributed by atoms with van der Waals surface area (Å²) < 4.78 is 59.2. The monoisotopic (exact) mass is 446 g/mol. The molecule has 0 amide bonds. The molecule has 0 aromatic carbocycles. The van der Waals surface area contributed by atoms with Crippen molar-refractivity contribution in [1.82, 2.24) is 0 Å². The van der Waals surface area contributed by atoms with Crippen molar-refractivity contribution in [1.29, 1.82) is 0 Å². The van der Waals surface area contributed by atoms with Crippen LogP contribution in [0.5, 0.6) is 0 Å². The van der Waals surface area contributed by atoms with Gasteiger partial charge in [-0.15, -0.1) is 0 Å². The van der Waals surface area contributed by atoms with Crippen LogP contribution in [-0.4, -0.2) is 0 Å². The number of allylic oxidation sites excluding steroid dienone is 4. The van der Waals surface area contributed by atoms with Crippen LogP contribution in [0.25, 0.3) is 0 Å². The molecule has 0 spiro atoms. The van der Waals surface area contributed by atoms with Crippen molar-refractivity contribution in [2.75, 3.05) is 0 Å². The Hall–Kier alpha value is 0.139. The van der Waals surface area contributed by atoms with Gasteiger partial charge in [0.1, 0.15) is 0 Å². The molecule has 16 heavy (non-hydrogen) atoms. The Morgan fingerprint density at radius 3 is 0.812 bits per heavy atom. The van der Waals surface area contributed by atoms with E-state index in [2.05, 4.69) is 24.3 Å². The predicted molar refractivity (Wildman–Crippen MR) is 50.3 cm³/mol. The number of rotatable bonds is 0. The molecule has 0 saturated heterocycles. The molecule has 1 rings (SSSR count). The van der Waals surface area contributed by atoms with Crippen LogP contribution in [0.4, 0.5) is 25.2 Å². The molecule has 0 radical (unpaired) electrons. The third-order valence-electron chi connectivity index (χ3n) is 1.33. The minimum absolute atomic E-state index is 0. The average molecular weight is 445 g/mol. The fourth-order valence-electron chi connectivity index (χ4n) is 0.856. The van der Waals surface area contributed by atoms with Gasteiger partial charge in [0.05, 0.1) is 0 Å². The second kappa shape index (κ2) is 5.65. The van der Waals surface area contributed by atoms with Crippen LogP contribution in [0, 0.1) is 0 Å². The van der Waals surface area contributed by atoms with E-state index in [1.54, 1.807) is 0 Å². The SMILES string of the molecule is C1=CCCC=CCC1.F[P-](F)(F)(F)(F)F.[Ir+]. The Kier molecular flexibility index (Phi) is 6.54. The zero-order valence-corrected chi connectivity index (χ0v) is 11.5. The van der Waals surface area contributed by atoms with E-state index >= 15 is 0 Å². The quantitative estimate of drug-likeness (QED) is 0.242. The summed E-state index contributed by atoms with van der Waals surface area (Å²) in [4.78, 5) is 0. The van der Waals surface area contributed by atoms with E-state index < -0.39 is 7.81 Å². The Bertz CT molecular complexity index is 214. The molecule has 0 nitrogen and oxygen atoms in total.